The first-order valence-electron chi connectivity index (χ1n) is 12.2. The summed E-state index contributed by atoms with van der Waals surface area (Å²) in [6.07, 6.45) is 3.39. The van der Waals surface area contributed by atoms with Crippen LogP contribution in [0.5, 0.6) is 0 Å². The molecule has 0 aliphatic carbocycles. The maximum absolute atomic E-state index is 11.6. The van der Waals surface area contributed by atoms with E-state index in [9.17, 15) is 4.79 Å². The van der Waals surface area contributed by atoms with E-state index >= 15 is 0 Å². The van der Waals surface area contributed by atoms with Crippen molar-refractivity contribution < 1.29 is 28.2 Å². The molecule has 1 heterocycles. The number of carbonyl (C=O) groups is 1. The van der Waals surface area contributed by atoms with Gasteiger partial charge >= 0.3 is 0 Å². The van der Waals surface area contributed by atoms with Crippen molar-refractivity contribution in [3.05, 3.63) is 0 Å². The van der Waals surface area contributed by atoms with E-state index in [1.54, 1.807) is 7.11 Å². The molecule has 0 amide bonds. The van der Waals surface area contributed by atoms with Crippen molar-refractivity contribution in [3.8, 4) is 0 Å². The maximum atomic E-state index is 11.6. The third kappa shape index (κ3) is 8.80. The van der Waals surface area contributed by atoms with Crippen LogP contribution in [0.4, 0.5) is 0 Å². The van der Waals surface area contributed by atoms with Gasteiger partial charge in [0.15, 0.2) is 14.1 Å². The standard InChI is InChI=1S/C25H50O6Si/c1-12-20(15-26)23(28-17-27-9)19(3)13-18(2)22-14-21(30-25(7,8)31-22)16-29-32(10,11)24(4,5)6/h15,18-23H,12-14,16-17H2,1-11H3/t18-,19-,20-,21+,22+,23-/m1/s1. The molecular weight excluding hydrogens is 424 g/mol. The molecule has 1 saturated heterocycles. The van der Waals surface area contributed by atoms with Crippen molar-refractivity contribution >= 4 is 14.6 Å². The van der Waals surface area contributed by atoms with Crippen LogP contribution in [0.2, 0.25) is 18.1 Å². The average Bonchev–Trinajstić information content (AvgIpc) is 2.67. The Morgan fingerprint density at radius 1 is 1.19 bits per heavy atom. The Balaban J connectivity index is 2.83. The van der Waals surface area contributed by atoms with Gasteiger partial charge in [-0.3, -0.25) is 0 Å². The smallest absolute Gasteiger partial charge is 0.192 e. The van der Waals surface area contributed by atoms with E-state index in [4.69, 9.17) is 23.4 Å². The Hall–Kier alpha value is -0.313. The number of hydrogen-bond donors (Lipinski definition) is 0. The molecule has 0 spiro atoms. The lowest BCUT2D eigenvalue weighted by atomic mass is 9.82. The zero-order valence-electron chi connectivity index (χ0n) is 22.5. The number of carbonyl (C=O) groups excluding carboxylic acids is 1. The summed E-state index contributed by atoms with van der Waals surface area (Å²) in [5.41, 5.74) is 0. The lowest BCUT2D eigenvalue weighted by molar-refractivity contribution is -0.311. The highest BCUT2D eigenvalue weighted by Crippen LogP contribution is 2.38. The summed E-state index contributed by atoms with van der Waals surface area (Å²) in [6, 6.07) is 0. The van der Waals surface area contributed by atoms with Crippen molar-refractivity contribution in [2.45, 2.75) is 117 Å². The van der Waals surface area contributed by atoms with Crippen molar-refractivity contribution in [1.82, 2.24) is 0 Å². The third-order valence-corrected chi connectivity index (χ3v) is 11.7. The second-order valence-electron chi connectivity index (χ2n) is 11.5. The summed E-state index contributed by atoms with van der Waals surface area (Å²) < 4.78 is 30.1. The molecule has 32 heavy (non-hydrogen) atoms. The molecule has 0 N–H and O–H groups in total. The van der Waals surface area contributed by atoms with Crippen LogP contribution in [0.1, 0.15) is 74.7 Å². The summed E-state index contributed by atoms with van der Waals surface area (Å²) in [5, 5.41) is 0.168. The van der Waals surface area contributed by atoms with Crippen molar-refractivity contribution in [2.24, 2.45) is 17.8 Å². The number of rotatable bonds is 13. The molecule has 6 nitrogen and oxygen atoms in total. The molecule has 1 fully saturated rings. The van der Waals surface area contributed by atoms with E-state index in [1.165, 1.54) is 0 Å². The van der Waals surface area contributed by atoms with Gasteiger partial charge in [0.2, 0.25) is 0 Å². The Kier molecular flexibility index (Phi) is 11.5. The average molecular weight is 475 g/mol. The minimum Gasteiger partial charge on any atom is -0.414 e. The molecule has 6 atom stereocenters. The summed E-state index contributed by atoms with van der Waals surface area (Å²) in [6.45, 7) is 22.5. The number of aldehydes is 1. The third-order valence-electron chi connectivity index (χ3n) is 7.20. The fourth-order valence-corrected chi connectivity index (χ4v) is 5.29. The van der Waals surface area contributed by atoms with Crippen LogP contribution in [0, 0.1) is 17.8 Å². The van der Waals surface area contributed by atoms with Gasteiger partial charge in [0.05, 0.1) is 24.9 Å². The van der Waals surface area contributed by atoms with Gasteiger partial charge in [0, 0.05) is 19.4 Å². The van der Waals surface area contributed by atoms with Gasteiger partial charge in [0.25, 0.3) is 0 Å². The Bertz CT molecular complexity index is 559. The molecule has 0 bridgehead atoms. The van der Waals surface area contributed by atoms with Crippen LogP contribution in [-0.4, -0.2) is 59.2 Å². The second-order valence-corrected chi connectivity index (χ2v) is 16.3. The predicted molar refractivity (Wildman–Crippen MR) is 131 cm³/mol. The van der Waals surface area contributed by atoms with Gasteiger partial charge in [-0.15, -0.1) is 0 Å². The number of hydrogen-bond acceptors (Lipinski definition) is 6. The molecule has 1 aliphatic heterocycles. The van der Waals surface area contributed by atoms with Crippen LogP contribution in [0.3, 0.4) is 0 Å². The fourth-order valence-electron chi connectivity index (χ4n) is 4.25. The molecule has 1 aliphatic rings. The van der Waals surface area contributed by atoms with Crippen LogP contribution in [-0.2, 0) is 28.2 Å². The first kappa shape index (κ1) is 29.7. The minimum atomic E-state index is -1.84. The summed E-state index contributed by atoms with van der Waals surface area (Å²) >= 11 is 0. The number of methoxy groups -OCH3 is 1. The lowest BCUT2D eigenvalue weighted by Crippen LogP contribution is -2.50. The molecule has 190 valence electrons. The molecule has 0 unspecified atom stereocenters. The Labute approximate surface area is 198 Å². The molecule has 0 aromatic carbocycles. The van der Waals surface area contributed by atoms with Gasteiger partial charge in [-0.25, -0.2) is 0 Å². The Morgan fingerprint density at radius 3 is 2.31 bits per heavy atom. The highest BCUT2D eigenvalue weighted by Gasteiger charge is 2.42. The lowest BCUT2D eigenvalue weighted by Gasteiger charge is -2.45. The summed E-state index contributed by atoms with van der Waals surface area (Å²) in [4.78, 5) is 11.6. The molecule has 7 heteroatoms. The monoisotopic (exact) mass is 474 g/mol. The second kappa shape index (κ2) is 12.4. The summed E-state index contributed by atoms with van der Waals surface area (Å²) in [7, 11) is -0.234. The van der Waals surface area contributed by atoms with Gasteiger partial charge in [-0.2, -0.15) is 0 Å². The van der Waals surface area contributed by atoms with Crippen molar-refractivity contribution in [1.29, 1.82) is 0 Å². The highest BCUT2D eigenvalue weighted by atomic mass is 28.4. The normalized spacial score (nSPS) is 25.7. The van der Waals surface area contributed by atoms with E-state index in [-0.39, 0.29) is 42.0 Å². The first-order chi connectivity index (χ1) is 14.7. The zero-order chi connectivity index (χ0) is 24.7. The Morgan fingerprint density at radius 2 is 1.81 bits per heavy atom. The topological polar surface area (TPSA) is 63.2 Å². The van der Waals surface area contributed by atoms with E-state index < -0.39 is 14.1 Å². The van der Waals surface area contributed by atoms with Crippen LogP contribution in [0.25, 0.3) is 0 Å². The van der Waals surface area contributed by atoms with Crippen molar-refractivity contribution in [2.75, 3.05) is 20.5 Å². The molecule has 1 rings (SSSR count). The minimum absolute atomic E-state index is 0.00883. The van der Waals surface area contributed by atoms with Gasteiger partial charge in [-0.1, -0.05) is 41.5 Å². The van der Waals surface area contributed by atoms with E-state index in [1.807, 2.05) is 20.8 Å². The predicted octanol–water partition coefficient (Wildman–Crippen LogP) is 5.79. The maximum Gasteiger partial charge on any atom is 0.192 e. The molecule has 0 radical (unpaired) electrons. The first-order valence-corrected chi connectivity index (χ1v) is 15.1. The zero-order valence-corrected chi connectivity index (χ0v) is 23.5. The fraction of sp³-hybridized carbons (Fsp3) is 0.960. The molecular formula is C25H50O6Si. The van der Waals surface area contributed by atoms with E-state index in [0.717, 1.165) is 25.5 Å². The SMILES string of the molecule is CC[C@H](C=O)[C@H](OCOC)[C@H](C)C[C@@H](C)[C@@H]1C[C@@H](CO[Si](C)(C)C(C)(C)C)OC(C)(C)O1. The number of ether oxygens (including phenoxy) is 4. The quantitative estimate of drug-likeness (QED) is 0.191. The van der Waals surface area contributed by atoms with E-state index in [0.29, 0.717) is 12.5 Å². The van der Waals surface area contributed by atoms with Crippen LogP contribution in [0.15, 0.2) is 0 Å². The van der Waals surface area contributed by atoms with Gasteiger partial charge < -0.3 is 28.2 Å². The molecule has 0 aromatic rings. The van der Waals surface area contributed by atoms with Crippen LogP contribution >= 0.6 is 0 Å². The van der Waals surface area contributed by atoms with E-state index in [2.05, 4.69) is 47.7 Å². The van der Waals surface area contributed by atoms with Gasteiger partial charge in [-0.05, 0) is 56.7 Å². The largest absolute Gasteiger partial charge is 0.414 e. The van der Waals surface area contributed by atoms with Crippen molar-refractivity contribution in [3.63, 3.8) is 0 Å². The van der Waals surface area contributed by atoms with Crippen LogP contribution < -0.4 is 0 Å². The highest BCUT2D eigenvalue weighted by molar-refractivity contribution is 6.74. The molecule has 0 saturated carbocycles. The van der Waals surface area contributed by atoms with Gasteiger partial charge in [0.1, 0.15) is 13.1 Å². The molecule has 0 aromatic heterocycles. The summed E-state index contributed by atoms with van der Waals surface area (Å²) in [5.74, 6) is -0.291.